The van der Waals surface area contributed by atoms with Gasteiger partial charge in [0.1, 0.15) is 17.3 Å². The van der Waals surface area contributed by atoms with Crippen molar-refractivity contribution in [2.75, 3.05) is 13.1 Å². The molecule has 4 heteroatoms. The molecule has 0 atom stereocenters. The van der Waals surface area contributed by atoms with E-state index in [-0.39, 0.29) is 17.8 Å². The highest BCUT2D eigenvalue weighted by Gasteiger charge is 2.21. The zero-order valence-corrected chi connectivity index (χ0v) is 22.6. The zero-order valence-electron chi connectivity index (χ0n) is 22.6. The van der Waals surface area contributed by atoms with Crippen LogP contribution in [0, 0.1) is 35.5 Å². The molecule has 0 spiro atoms. The van der Waals surface area contributed by atoms with Crippen LogP contribution >= 0.6 is 0 Å². The molecule has 4 nitrogen and oxygen atoms in total. The Balaban J connectivity index is 0.000000249. The van der Waals surface area contributed by atoms with Crippen LogP contribution in [0.4, 0.5) is 0 Å². The summed E-state index contributed by atoms with van der Waals surface area (Å²) < 4.78 is 0. The number of ketones is 3. The van der Waals surface area contributed by atoms with Crippen LogP contribution in [-0.2, 0) is 14.4 Å². The highest BCUT2D eigenvalue weighted by molar-refractivity contribution is 5.81. The predicted molar refractivity (Wildman–Crippen MR) is 138 cm³/mol. The maximum atomic E-state index is 11.4. The molecular weight excluding hydrogens is 410 g/mol. The van der Waals surface area contributed by atoms with Crippen molar-refractivity contribution >= 4 is 17.3 Å². The Labute approximate surface area is 204 Å². The van der Waals surface area contributed by atoms with Crippen molar-refractivity contribution < 1.29 is 14.4 Å². The van der Waals surface area contributed by atoms with Gasteiger partial charge in [0.25, 0.3) is 0 Å². The fourth-order valence-corrected chi connectivity index (χ4v) is 4.66. The molecule has 2 aliphatic carbocycles. The summed E-state index contributed by atoms with van der Waals surface area (Å²) >= 11 is 0. The third kappa shape index (κ3) is 13.4. The Kier molecular flexibility index (Phi) is 15.1. The monoisotopic (exact) mass is 463 g/mol. The van der Waals surface area contributed by atoms with Crippen LogP contribution < -0.4 is 5.32 Å². The molecule has 1 heterocycles. The molecule has 3 fully saturated rings. The first kappa shape index (κ1) is 30.0. The third-order valence-electron chi connectivity index (χ3n) is 7.47. The molecule has 0 bridgehead atoms. The Morgan fingerprint density at radius 1 is 0.545 bits per heavy atom. The first-order chi connectivity index (χ1) is 15.6. The largest absolute Gasteiger partial charge is 0.316 e. The highest BCUT2D eigenvalue weighted by Crippen LogP contribution is 2.28. The molecule has 33 heavy (non-hydrogen) atoms. The molecule has 0 aromatic heterocycles. The topological polar surface area (TPSA) is 63.2 Å². The van der Waals surface area contributed by atoms with Crippen molar-refractivity contribution in [3.63, 3.8) is 0 Å². The second-order valence-corrected chi connectivity index (χ2v) is 11.7. The molecule has 1 aliphatic heterocycles. The zero-order chi connectivity index (χ0) is 24.8. The molecule has 3 aliphatic rings. The van der Waals surface area contributed by atoms with Crippen molar-refractivity contribution in [2.24, 2.45) is 35.5 Å². The molecule has 0 amide bonds. The maximum Gasteiger partial charge on any atom is 0.135 e. The van der Waals surface area contributed by atoms with Crippen LogP contribution in [0.2, 0.25) is 0 Å². The van der Waals surface area contributed by atoms with Crippen LogP contribution in [0.1, 0.15) is 119 Å². The number of hydrogen-bond donors (Lipinski definition) is 1. The average molecular weight is 464 g/mol. The van der Waals surface area contributed by atoms with E-state index in [0.717, 1.165) is 38.3 Å². The summed E-state index contributed by atoms with van der Waals surface area (Å²) in [7, 11) is 0. The van der Waals surface area contributed by atoms with E-state index in [1.807, 2.05) is 41.5 Å². The van der Waals surface area contributed by atoms with Gasteiger partial charge in [0.15, 0.2) is 0 Å². The van der Waals surface area contributed by atoms with Crippen molar-refractivity contribution in [1.82, 2.24) is 5.32 Å². The van der Waals surface area contributed by atoms with Crippen LogP contribution in [0.15, 0.2) is 0 Å². The van der Waals surface area contributed by atoms with Crippen molar-refractivity contribution in [2.45, 2.75) is 119 Å². The Morgan fingerprint density at radius 3 is 1.12 bits per heavy atom. The van der Waals surface area contributed by atoms with E-state index in [2.05, 4.69) is 5.32 Å². The van der Waals surface area contributed by atoms with Gasteiger partial charge in [0, 0.05) is 37.0 Å². The lowest BCUT2D eigenvalue weighted by Gasteiger charge is -2.26. The summed E-state index contributed by atoms with van der Waals surface area (Å²) in [5.41, 5.74) is 0. The van der Waals surface area contributed by atoms with Gasteiger partial charge in [-0.05, 0) is 30.8 Å². The van der Waals surface area contributed by atoms with Gasteiger partial charge in [-0.3, -0.25) is 14.4 Å². The van der Waals surface area contributed by atoms with Crippen LogP contribution in [0.5, 0.6) is 0 Å². The minimum Gasteiger partial charge on any atom is -0.316 e. The number of carbonyl (C=O) groups is 3. The fourth-order valence-electron chi connectivity index (χ4n) is 4.66. The SMILES string of the molecule is CC(C)C(=O)CC1CCCC1.CC(C)C(=O)CC1CCCCC1.CC(C)C(=O)CC1CNC1. The normalized spacial score (nSPS) is 19.5. The maximum absolute atomic E-state index is 11.4. The van der Waals surface area contributed by atoms with E-state index in [0.29, 0.717) is 29.2 Å². The van der Waals surface area contributed by atoms with Gasteiger partial charge in [-0.25, -0.2) is 0 Å². The minimum absolute atomic E-state index is 0.223. The van der Waals surface area contributed by atoms with E-state index < -0.39 is 0 Å². The molecule has 0 radical (unpaired) electrons. The molecule has 2 saturated carbocycles. The van der Waals surface area contributed by atoms with Crippen molar-refractivity contribution in [1.29, 1.82) is 0 Å². The van der Waals surface area contributed by atoms with Gasteiger partial charge < -0.3 is 5.32 Å². The summed E-state index contributed by atoms with van der Waals surface area (Å²) in [5.74, 6) is 4.11. The molecule has 0 aromatic rings. The van der Waals surface area contributed by atoms with Crippen LogP contribution in [0.25, 0.3) is 0 Å². The summed E-state index contributed by atoms with van der Waals surface area (Å²) in [6, 6.07) is 0. The lowest BCUT2D eigenvalue weighted by atomic mass is 9.84. The number of rotatable bonds is 9. The molecule has 3 rings (SSSR count). The van der Waals surface area contributed by atoms with E-state index in [4.69, 9.17) is 0 Å². The summed E-state index contributed by atoms with van der Waals surface area (Å²) in [4.78, 5) is 33.8. The standard InChI is InChI=1S/C11H20O.C10H18O.C8H15NO/c1-9(2)11(12)8-10-6-4-3-5-7-10;1-8(2)10(11)7-9-5-3-4-6-9;1-6(2)8(10)3-7-4-9-5-7/h9-10H,3-8H2,1-2H3;8-9H,3-7H2,1-2H3;6-7,9H,3-5H2,1-2H3. The molecule has 0 aromatic carbocycles. The van der Waals surface area contributed by atoms with Crippen LogP contribution in [-0.4, -0.2) is 30.4 Å². The summed E-state index contributed by atoms with van der Waals surface area (Å²) in [5, 5.41) is 3.15. The van der Waals surface area contributed by atoms with E-state index in [9.17, 15) is 14.4 Å². The van der Waals surface area contributed by atoms with Gasteiger partial charge in [0.05, 0.1) is 0 Å². The van der Waals surface area contributed by atoms with E-state index in [1.54, 1.807) is 0 Å². The average Bonchev–Trinajstić information content (AvgIpc) is 3.25. The molecule has 0 unspecified atom stereocenters. The van der Waals surface area contributed by atoms with E-state index in [1.165, 1.54) is 57.8 Å². The van der Waals surface area contributed by atoms with Crippen molar-refractivity contribution in [3.05, 3.63) is 0 Å². The van der Waals surface area contributed by atoms with E-state index >= 15 is 0 Å². The first-order valence-electron chi connectivity index (χ1n) is 13.9. The number of Topliss-reactive ketones (excluding diaryl/α,β-unsaturated/α-hetero) is 3. The second kappa shape index (κ2) is 16.6. The number of nitrogens with one attached hydrogen (secondary N) is 1. The van der Waals surface area contributed by atoms with Gasteiger partial charge >= 0.3 is 0 Å². The molecule has 1 saturated heterocycles. The summed E-state index contributed by atoms with van der Waals surface area (Å²) in [6.07, 6.45) is 14.4. The van der Waals surface area contributed by atoms with Crippen LogP contribution in [0.3, 0.4) is 0 Å². The Bertz CT molecular complexity index is 565. The van der Waals surface area contributed by atoms with Gasteiger partial charge in [-0.1, -0.05) is 99.3 Å². The first-order valence-corrected chi connectivity index (χ1v) is 13.9. The number of hydrogen-bond acceptors (Lipinski definition) is 4. The Morgan fingerprint density at radius 2 is 0.848 bits per heavy atom. The van der Waals surface area contributed by atoms with Gasteiger partial charge in [-0.15, -0.1) is 0 Å². The third-order valence-corrected chi connectivity index (χ3v) is 7.47. The lowest BCUT2D eigenvalue weighted by Crippen LogP contribution is -2.43. The van der Waals surface area contributed by atoms with Gasteiger partial charge in [0.2, 0.25) is 0 Å². The molecular formula is C29H53NO3. The van der Waals surface area contributed by atoms with Crippen molar-refractivity contribution in [3.8, 4) is 0 Å². The highest BCUT2D eigenvalue weighted by atomic mass is 16.1. The predicted octanol–water partition coefficient (Wildman–Crippen LogP) is 6.79. The molecule has 1 N–H and O–H groups in total. The number of carbonyl (C=O) groups excluding carboxylic acids is 3. The summed E-state index contributed by atoms with van der Waals surface area (Å²) in [6.45, 7) is 14.0. The smallest absolute Gasteiger partial charge is 0.135 e. The quantitative estimate of drug-likeness (QED) is 0.408. The minimum atomic E-state index is 0.223. The van der Waals surface area contributed by atoms with Gasteiger partial charge in [-0.2, -0.15) is 0 Å². The fraction of sp³-hybridized carbons (Fsp3) is 0.897. The lowest BCUT2D eigenvalue weighted by molar-refractivity contribution is -0.123. The molecule has 192 valence electrons. The second-order valence-electron chi connectivity index (χ2n) is 11.7. The Hall–Kier alpha value is -1.03.